The molecule has 70 valence electrons. The van der Waals surface area contributed by atoms with Gasteiger partial charge in [0.05, 0.1) is 6.10 Å². The minimum absolute atomic E-state index is 0.134. The molecule has 2 aliphatic rings. The number of rotatable bonds is 2. The molecule has 1 aliphatic heterocycles. The van der Waals surface area contributed by atoms with Crippen molar-refractivity contribution in [1.29, 1.82) is 0 Å². The van der Waals surface area contributed by atoms with Crippen molar-refractivity contribution in [3.8, 4) is 0 Å². The molecule has 1 atom stereocenters. The van der Waals surface area contributed by atoms with Crippen molar-refractivity contribution in [3.05, 3.63) is 0 Å². The van der Waals surface area contributed by atoms with Gasteiger partial charge >= 0.3 is 0 Å². The maximum absolute atomic E-state index is 6.26. The SMILES string of the molecule is NC1(CC2CCCO2)CCCC1. The van der Waals surface area contributed by atoms with Gasteiger partial charge in [0.15, 0.2) is 0 Å². The molecule has 2 rings (SSSR count). The molecule has 2 nitrogen and oxygen atoms in total. The lowest BCUT2D eigenvalue weighted by molar-refractivity contribution is 0.0839. The zero-order valence-electron chi connectivity index (χ0n) is 7.72. The molecule has 1 saturated heterocycles. The number of hydrogen-bond acceptors (Lipinski definition) is 2. The van der Waals surface area contributed by atoms with Gasteiger partial charge in [-0.05, 0) is 32.1 Å². The van der Waals surface area contributed by atoms with E-state index in [9.17, 15) is 0 Å². The van der Waals surface area contributed by atoms with Gasteiger partial charge in [-0.25, -0.2) is 0 Å². The van der Waals surface area contributed by atoms with E-state index in [4.69, 9.17) is 10.5 Å². The Bertz CT molecular complexity index is 146. The third-order valence-corrected chi connectivity index (χ3v) is 3.26. The van der Waals surface area contributed by atoms with E-state index in [-0.39, 0.29) is 5.54 Å². The van der Waals surface area contributed by atoms with Gasteiger partial charge < -0.3 is 10.5 Å². The molecule has 0 spiro atoms. The van der Waals surface area contributed by atoms with Gasteiger partial charge in [0.25, 0.3) is 0 Å². The molecule has 0 radical (unpaired) electrons. The van der Waals surface area contributed by atoms with Crippen LogP contribution in [0.25, 0.3) is 0 Å². The fourth-order valence-electron chi connectivity index (χ4n) is 2.54. The Kier molecular flexibility index (Phi) is 2.37. The first-order chi connectivity index (χ1) is 5.79. The van der Waals surface area contributed by atoms with Crippen molar-refractivity contribution < 1.29 is 4.74 Å². The first-order valence-electron chi connectivity index (χ1n) is 5.19. The summed E-state index contributed by atoms with van der Waals surface area (Å²) >= 11 is 0. The molecule has 1 aliphatic carbocycles. The lowest BCUT2D eigenvalue weighted by Gasteiger charge is -2.26. The summed E-state index contributed by atoms with van der Waals surface area (Å²) in [6.07, 6.45) is 9.13. The second-order valence-electron chi connectivity index (χ2n) is 4.41. The quantitative estimate of drug-likeness (QED) is 0.684. The van der Waals surface area contributed by atoms with Crippen LogP contribution in [0.4, 0.5) is 0 Å². The van der Waals surface area contributed by atoms with Crippen LogP contribution in [0.15, 0.2) is 0 Å². The highest BCUT2D eigenvalue weighted by Crippen LogP contribution is 2.33. The summed E-state index contributed by atoms with van der Waals surface area (Å²) in [5.74, 6) is 0. The summed E-state index contributed by atoms with van der Waals surface area (Å²) in [5, 5.41) is 0. The molecule has 0 amide bonds. The predicted octanol–water partition coefficient (Wildman–Crippen LogP) is 1.83. The van der Waals surface area contributed by atoms with E-state index < -0.39 is 0 Å². The third-order valence-electron chi connectivity index (χ3n) is 3.26. The van der Waals surface area contributed by atoms with E-state index in [1.807, 2.05) is 0 Å². The van der Waals surface area contributed by atoms with Crippen molar-refractivity contribution in [1.82, 2.24) is 0 Å². The zero-order valence-corrected chi connectivity index (χ0v) is 7.72. The molecule has 0 aromatic rings. The summed E-state index contributed by atoms with van der Waals surface area (Å²) in [5.41, 5.74) is 6.39. The van der Waals surface area contributed by atoms with Crippen LogP contribution >= 0.6 is 0 Å². The summed E-state index contributed by atoms with van der Waals surface area (Å²) in [6, 6.07) is 0. The first kappa shape index (κ1) is 8.52. The van der Waals surface area contributed by atoms with Crippen LogP contribution in [-0.4, -0.2) is 18.2 Å². The normalized spacial score (nSPS) is 34.2. The van der Waals surface area contributed by atoms with Gasteiger partial charge in [-0.1, -0.05) is 12.8 Å². The second kappa shape index (κ2) is 3.35. The van der Waals surface area contributed by atoms with Crippen molar-refractivity contribution >= 4 is 0 Å². The van der Waals surface area contributed by atoms with Gasteiger partial charge in [-0.2, -0.15) is 0 Å². The fourth-order valence-corrected chi connectivity index (χ4v) is 2.54. The highest BCUT2D eigenvalue weighted by atomic mass is 16.5. The monoisotopic (exact) mass is 169 g/mol. The van der Waals surface area contributed by atoms with Crippen LogP contribution in [0.1, 0.15) is 44.9 Å². The molecule has 0 aromatic heterocycles. The molecular weight excluding hydrogens is 150 g/mol. The van der Waals surface area contributed by atoms with Crippen molar-refractivity contribution in [3.63, 3.8) is 0 Å². The van der Waals surface area contributed by atoms with Crippen LogP contribution in [0.2, 0.25) is 0 Å². The molecule has 1 heterocycles. The van der Waals surface area contributed by atoms with E-state index in [0.29, 0.717) is 6.10 Å². The van der Waals surface area contributed by atoms with E-state index in [2.05, 4.69) is 0 Å². The van der Waals surface area contributed by atoms with Gasteiger partial charge in [0.2, 0.25) is 0 Å². The van der Waals surface area contributed by atoms with E-state index in [1.54, 1.807) is 0 Å². The lowest BCUT2D eigenvalue weighted by atomic mass is 9.91. The van der Waals surface area contributed by atoms with Crippen molar-refractivity contribution in [2.75, 3.05) is 6.61 Å². The van der Waals surface area contributed by atoms with Crippen LogP contribution in [0, 0.1) is 0 Å². The average molecular weight is 169 g/mol. The highest BCUT2D eigenvalue weighted by molar-refractivity contribution is 4.92. The molecule has 2 N–H and O–H groups in total. The van der Waals surface area contributed by atoms with Crippen molar-refractivity contribution in [2.45, 2.75) is 56.6 Å². The Morgan fingerprint density at radius 3 is 2.58 bits per heavy atom. The van der Waals surface area contributed by atoms with Crippen LogP contribution in [0.5, 0.6) is 0 Å². The summed E-state index contributed by atoms with van der Waals surface area (Å²) in [4.78, 5) is 0. The molecule has 0 bridgehead atoms. The molecule has 1 unspecified atom stereocenters. The van der Waals surface area contributed by atoms with E-state index in [1.165, 1.54) is 38.5 Å². The van der Waals surface area contributed by atoms with E-state index >= 15 is 0 Å². The summed E-state index contributed by atoms with van der Waals surface area (Å²) < 4.78 is 5.60. The zero-order chi connectivity index (χ0) is 8.44. The third kappa shape index (κ3) is 1.80. The standard InChI is InChI=1S/C10H19NO/c11-10(5-1-2-6-10)8-9-4-3-7-12-9/h9H,1-8,11H2. The Hall–Kier alpha value is -0.0800. The highest BCUT2D eigenvalue weighted by Gasteiger charge is 2.33. The van der Waals surface area contributed by atoms with Crippen molar-refractivity contribution in [2.24, 2.45) is 5.73 Å². The van der Waals surface area contributed by atoms with Crippen LogP contribution in [-0.2, 0) is 4.74 Å². The first-order valence-corrected chi connectivity index (χ1v) is 5.19. The maximum atomic E-state index is 6.26. The average Bonchev–Trinajstić information content (AvgIpc) is 2.62. The molecule has 2 fully saturated rings. The topological polar surface area (TPSA) is 35.2 Å². The molecule has 2 heteroatoms. The summed E-state index contributed by atoms with van der Waals surface area (Å²) in [7, 11) is 0. The molecular formula is C10H19NO. The molecule has 0 aromatic carbocycles. The predicted molar refractivity (Wildman–Crippen MR) is 49.0 cm³/mol. The van der Waals surface area contributed by atoms with E-state index in [0.717, 1.165) is 13.0 Å². The summed E-state index contributed by atoms with van der Waals surface area (Å²) in [6.45, 7) is 0.959. The van der Waals surface area contributed by atoms with Crippen LogP contribution in [0.3, 0.4) is 0 Å². The van der Waals surface area contributed by atoms with Gasteiger partial charge in [-0.15, -0.1) is 0 Å². The smallest absolute Gasteiger partial charge is 0.0593 e. The van der Waals surface area contributed by atoms with Gasteiger partial charge in [-0.3, -0.25) is 0 Å². The van der Waals surface area contributed by atoms with Crippen LogP contribution < -0.4 is 5.73 Å². The Morgan fingerprint density at radius 1 is 1.25 bits per heavy atom. The largest absolute Gasteiger partial charge is 0.378 e. The van der Waals surface area contributed by atoms with Gasteiger partial charge in [0, 0.05) is 12.1 Å². The number of hydrogen-bond donors (Lipinski definition) is 1. The molecule has 1 saturated carbocycles. The maximum Gasteiger partial charge on any atom is 0.0593 e. The number of nitrogens with two attached hydrogens (primary N) is 1. The fraction of sp³-hybridized carbons (Fsp3) is 1.00. The van der Waals surface area contributed by atoms with Gasteiger partial charge in [0.1, 0.15) is 0 Å². The number of ether oxygens (including phenoxy) is 1. The Balaban J connectivity index is 1.83. The minimum Gasteiger partial charge on any atom is -0.378 e. The lowest BCUT2D eigenvalue weighted by Crippen LogP contribution is -2.39. The minimum atomic E-state index is 0.134. The Labute approximate surface area is 74.5 Å². The Morgan fingerprint density at radius 2 is 2.00 bits per heavy atom. The molecule has 12 heavy (non-hydrogen) atoms. The second-order valence-corrected chi connectivity index (χ2v) is 4.41.